The van der Waals surface area contributed by atoms with Crippen molar-refractivity contribution < 1.29 is 14.3 Å². The molecule has 0 spiro atoms. The van der Waals surface area contributed by atoms with Crippen LogP contribution in [0.4, 0.5) is 4.39 Å². The Kier molecular flexibility index (Phi) is 3.96. The van der Waals surface area contributed by atoms with Gasteiger partial charge in [0.25, 0.3) is 5.56 Å². The molecule has 0 amide bonds. The molecule has 2 rings (SSSR count). The molecule has 0 aliphatic rings. The van der Waals surface area contributed by atoms with E-state index in [4.69, 9.17) is 5.11 Å². The van der Waals surface area contributed by atoms with Crippen LogP contribution in [0.2, 0.25) is 0 Å². The minimum Gasteiger partial charge on any atom is -0.478 e. The van der Waals surface area contributed by atoms with Crippen molar-refractivity contribution in [2.75, 3.05) is 0 Å². The maximum Gasteiger partial charge on any atom is 0.335 e. The van der Waals surface area contributed by atoms with Gasteiger partial charge >= 0.3 is 5.97 Å². The number of benzene rings is 1. The zero-order valence-electron chi connectivity index (χ0n) is 9.59. The molecule has 1 aromatic carbocycles. The van der Waals surface area contributed by atoms with Crippen molar-refractivity contribution in [2.24, 2.45) is 0 Å². The van der Waals surface area contributed by atoms with E-state index < -0.39 is 11.8 Å². The van der Waals surface area contributed by atoms with E-state index in [9.17, 15) is 14.0 Å². The Balaban J connectivity index is 2.15. The highest BCUT2D eigenvalue weighted by Gasteiger charge is 2.08. The van der Waals surface area contributed by atoms with Crippen molar-refractivity contribution in [3.8, 4) is 0 Å². The molecule has 0 fully saturated rings. The molecule has 5 nitrogen and oxygen atoms in total. The van der Waals surface area contributed by atoms with Gasteiger partial charge in [-0.3, -0.25) is 4.79 Å². The summed E-state index contributed by atoms with van der Waals surface area (Å²) in [5.41, 5.74) is 0.127. The number of aromatic amines is 1. The van der Waals surface area contributed by atoms with E-state index in [1.165, 1.54) is 36.2 Å². The van der Waals surface area contributed by atoms with Crippen LogP contribution in [0.3, 0.4) is 0 Å². The lowest BCUT2D eigenvalue weighted by Crippen LogP contribution is -2.05. The monoisotopic (exact) mass is 280 g/mol. The SMILES string of the molecule is O=C(O)c1cc(F)cc(CSc2nccc(=O)[nH]2)c1. The Morgan fingerprint density at radius 2 is 2.21 bits per heavy atom. The molecule has 19 heavy (non-hydrogen) atoms. The van der Waals surface area contributed by atoms with Gasteiger partial charge < -0.3 is 10.1 Å². The minimum atomic E-state index is -1.18. The van der Waals surface area contributed by atoms with Crippen LogP contribution in [0.25, 0.3) is 0 Å². The quantitative estimate of drug-likeness (QED) is 0.660. The molecule has 0 saturated heterocycles. The topological polar surface area (TPSA) is 83.0 Å². The third kappa shape index (κ3) is 3.65. The van der Waals surface area contributed by atoms with Crippen LogP contribution in [0.1, 0.15) is 15.9 Å². The smallest absolute Gasteiger partial charge is 0.335 e. The maximum absolute atomic E-state index is 13.2. The molecule has 7 heteroatoms. The third-order valence-electron chi connectivity index (χ3n) is 2.23. The predicted octanol–water partition coefficient (Wildman–Crippen LogP) is 1.90. The third-order valence-corrected chi connectivity index (χ3v) is 3.19. The number of carboxylic acids is 1. The largest absolute Gasteiger partial charge is 0.478 e. The van der Waals surface area contributed by atoms with Crippen molar-refractivity contribution in [1.29, 1.82) is 0 Å². The molecule has 0 bridgehead atoms. The molecule has 1 aromatic heterocycles. The van der Waals surface area contributed by atoms with Crippen LogP contribution >= 0.6 is 11.8 Å². The Labute approximate surface area is 111 Å². The maximum atomic E-state index is 13.2. The van der Waals surface area contributed by atoms with E-state index in [-0.39, 0.29) is 11.1 Å². The highest BCUT2D eigenvalue weighted by molar-refractivity contribution is 7.98. The molecule has 0 atom stereocenters. The molecular weight excluding hydrogens is 271 g/mol. The normalized spacial score (nSPS) is 10.4. The van der Waals surface area contributed by atoms with Crippen LogP contribution in [-0.2, 0) is 5.75 Å². The number of hydrogen-bond donors (Lipinski definition) is 2. The number of hydrogen-bond acceptors (Lipinski definition) is 4. The van der Waals surface area contributed by atoms with Crippen molar-refractivity contribution in [1.82, 2.24) is 9.97 Å². The van der Waals surface area contributed by atoms with Gasteiger partial charge in [0, 0.05) is 18.0 Å². The van der Waals surface area contributed by atoms with Crippen LogP contribution in [0, 0.1) is 5.82 Å². The number of halogens is 1. The Hall–Kier alpha value is -2.15. The van der Waals surface area contributed by atoms with Gasteiger partial charge in [-0.1, -0.05) is 11.8 Å². The molecule has 2 aromatic rings. The molecule has 0 unspecified atom stereocenters. The van der Waals surface area contributed by atoms with Gasteiger partial charge in [0.2, 0.25) is 0 Å². The van der Waals surface area contributed by atoms with Crippen LogP contribution in [-0.4, -0.2) is 21.0 Å². The molecule has 0 aliphatic heterocycles. The number of aromatic nitrogens is 2. The summed E-state index contributed by atoms with van der Waals surface area (Å²) in [6.45, 7) is 0. The standard InChI is InChI=1S/C12H9FN2O3S/c13-9-4-7(3-8(5-9)11(17)18)6-19-12-14-2-1-10(16)15-12/h1-5H,6H2,(H,17,18)(H,14,15,16). The van der Waals surface area contributed by atoms with Gasteiger partial charge in [-0.2, -0.15) is 0 Å². The van der Waals surface area contributed by atoms with Gasteiger partial charge in [-0.05, 0) is 23.8 Å². The van der Waals surface area contributed by atoms with Crippen molar-refractivity contribution in [3.05, 3.63) is 57.8 Å². The van der Waals surface area contributed by atoms with E-state index in [1.807, 2.05) is 0 Å². The number of carbonyl (C=O) groups is 1. The van der Waals surface area contributed by atoms with Crippen LogP contribution in [0.5, 0.6) is 0 Å². The fourth-order valence-electron chi connectivity index (χ4n) is 1.43. The second-order valence-corrected chi connectivity index (χ2v) is 4.65. The van der Waals surface area contributed by atoms with E-state index in [0.717, 1.165) is 6.07 Å². The van der Waals surface area contributed by atoms with E-state index in [0.29, 0.717) is 16.5 Å². The summed E-state index contributed by atoms with van der Waals surface area (Å²) in [5.74, 6) is -1.48. The van der Waals surface area contributed by atoms with Crippen molar-refractivity contribution in [2.45, 2.75) is 10.9 Å². The summed E-state index contributed by atoms with van der Waals surface area (Å²) in [6, 6.07) is 4.88. The summed E-state index contributed by atoms with van der Waals surface area (Å²) in [7, 11) is 0. The molecule has 98 valence electrons. The van der Waals surface area contributed by atoms with Crippen LogP contribution in [0.15, 0.2) is 40.4 Å². The lowest BCUT2D eigenvalue weighted by Gasteiger charge is -2.03. The van der Waals surface area contributed by atoms with Gasteiger partial charge in [0.15, 0.2) is 5.16 Å². The molecule has 0 radical (unpaired) electrons. The molecule has 0 saturated carbocycles. The number of H-pyrrole nitrogens is 1. The summed E-state index contributed by atoms with van der Waals surface area (Å²) in [6.07, 6.45) is 1.37. The number of aromatic carboxylic acids is 1. The fraction of sp³-hybridized carbons (Fsp3) is 0.0833. The molecule has 1 heterocycles. The van der Waals surface area contributed by atoms with Gasteiger partial charge in [0.1, 0.15) is 5.82 Å². The second-order valence-electron chi connectivity index (χ2n) is 3.68. The highest BCUT2D eigenvalue weighted by atomic mass is 32.2. The van der Waals surface area contributed by atoms with Gasteiger partial charge in [0.05, 0.1) is 5.56 Å². The Morgan fingerprint density at radius 3 is 2.89 bits per heavy atom. The zero-order valence-corrected chi connectivity index (χ0v) is 10.4. The number of carboxylic acid groups (broad SMARTS) is 1. The average Bonchev–Trinajstić information content (AvgIpc) is 2.36. The first kappa shape index (κ1) is 13.3. The fourth-order valence-corrected chi connectivity index (χ4v) is 2.21. The Bertz CT molecular complexity index is 672. The molecular formula is C12H9FN2O3S. The molecule has 2 N–H and O–H groups in total. The number of nitrogens with one attached hydrogen (secondary N) is 1. The minimum absolute atomic E-state index is 0.106. The molecule has 0 aliphatic carbocycles. The van der Waals surface area contributed by atoms with Crippen molar-refractivity contribution >= 4 is 17.7 Å². The number of nitrogens with zero attached hydrogens (tertiary/aromatic N) is 1. The summed E-state index contributed by atoms with van der Waals surface area (Å²) in [4.78, 5) is 28.3. The predicted molar refractivity (Wildman–Crippen MR) is 67.8 cm³/mol. The lowest BCUT2D eigenvalue weighted by molar-refractivity contribution is 0.0696. The van der Waals surface area contributed by atoms with Gasteiger partial charge in [-0.25, -0.2) is 14.2 Å². The van der Waals surface area contributed by atoms with Gasteiger partial charge in [-0.15, -0.1) is 0 Å². The Morgan fingerprint density at radius 1 is 1.42 bits per heavy atom. The van der Waals surface area contributed by atoms with Crippen LogP contribution < -0.4 is 5.56 Å². The number of rotatable bonds is 4. The summed E-state index contributed by atoms with van der Waals surface area (Å²) in [5, 5.41) is 9.22. The van der Waals surface area contributed by atoms with Crippen molar-refractivity contribution in [3.63, 3.8) is 0 Å². The highest BCUT2D eigenvalue weighted by Crippen LogP contribution is 2.19. The van der Waals surface area contributed by atoms with E-state index in [1.54, 1.807) is 0 Å². The zero-order chi connectivity index (χ0) is 13.8. The summed E-state index contributed by atoms with van der Waals surface area (Å²) < 4.78 is 13.2. The lowest BCUT2D eigenvalue weighted by atomic mass is 10.1. The van der Waals surface area contributed by atoms with E-state index >= 15 is 0 Å². The first-order valence-electron chi connectivity index (χ1n) is 5.25. The first-order valence-corrected chi connectivity index (χ1v) is 6.24. The van der Waals surface area contributed by atoms with E-state index in [2.05, 4.69) is 9.97 Å². The number of thioether (sulfide) groups is 1. The average molecular weight is 280 g/mol. The second kappa shape index (κ2) is 5.66. The summed E-state index contributed by atoms with van der Waals surface area (Å²) >= 11 is 1.19. The first-order chi connectivity index (χ1) is 9.04.